The normalized spacial score (nSPS) is 21.3. The third kappa shape index (κ3) is 5.12. The van der Waals surface area contributed by atoms with Gasteiger partial charge in [-0.3, -0.25) is 9.69 Å². The summed E-state index contributed by atoms with van der Waals surface area (Å²) >= 11 is 0. The second-order valence-corrected chi connectivity index (χ2v) is 8.43. The summed E-state index contributed by atoms with van der Waals surface area (Å²) in [5.74, 6) is 3.75. The molecule has 2 atom stereocenters. The first-order valence-electron chi connectivity index (χ1n) is 11.4. The van der Waals surface area contributed by atoms with Crippen LogP contribution in [0.15, 0.2) is 42.5 Å². The molecule has 2 aromatic rings. The van der Waals surface area contributed by atoms with Gasteiger partial charge in [-0.05, 0) is 36.5 Å². The third-order valence-corrected chi connectivity index (χ3v) is 6.30. The maximum atomic E-state index is 12.9. The van der Waals surface area contributed by atoms with Crippen LogP contribution in [0.4, 0.5) is 5.82 Å². The molecule has 0 bridgehead atoms. The number of pyridine rings is 1. The lowest BCUT2D eigenvalue weighted by molar-refractivity contribution is -0.129. The number of carbonyl (C=O) groups is 1. The van der Waals surface area contributed by atoms with Crippen LogP contribution in [0.25, 0.3) is 0 Å². The van der Waals surface area contributed by atoms with Gasteiger partial charge in [-0.1, -0.05) is 49.6 Å². The number of anilines is 1. The van der Waals surface area contributed by atoms with E-state index in [9.17, 15) is 4.79 Å². The van der Waals surface area contributed by atoms with Crippen LogP contribution < -0.4 is 10.2 Å². The van der Waals surface area contributed by atoms with E-state index < -0.39 is 6.10 Å². The van der Waals surface area contributed by atoms with Crippen molar-refractivity contribution in [1.82, 2.24) is 10.3 Å². The Morgan fingerprint density at radius 3 is 2.53 bits per heavy atom. The van der Waals surface area contributed by atoms with E-state index in [0.29, 0.717) is 24.8 Å². The summed E-state index contributed by atoms with van der Waals surface area (Å²) in [7, 11) is 3.13. The standard InChI is InChI=1S/C26H31N3O3/c1-31-23-18-29(26(30)25(23)32-2)24-14-13-20(15-16-27-21-11-7-4-8-12-21)22(28-24)17-19-9-5-3-6-10-19/h3,5-6,9-10,13-14,21,23,25,27H,4,7-8,11-12,17-18H2,1-2H3/t23-,25-/m1/s1. The number of ether oxygens (including phenoxy) is 2. The molecule has 1 aliphatic carbocycles. The van der Waals surface area contributed by atoms with Crippen LogP contribution in [0.2, 0.25) is 0 Å². The summed E-state index contributed by atoms with van der Waals surface area (Å²) < 4.78 is 10.8. The van der Waals surface area contributed by atoms with Gasteiger partial charge in [-0.25, -0.2) is 4.98 Å². The molecule has 2 heterocycles. The quantitative estimate of drug-likeness (QED) is 0.560. The van der Waals surface area contributed by atoms with Crippen LogP contribution in [0.5, 0.6) is 0 Å². The Morgan fingerprint density at radius 1 is 1.06 bits per heavy atom. The molecule has 0 radical (unpaired) electrons. The highest BCUT2D eigenvalue weighted by molar-refractivity contribution is 5.99. The lowest BCUT2D eigenvalue weighted by Gasteiger charge is -2.20. The van der Waals surface area contributed by atoms with Gasteiger partial charge in [0, 0.05) is 38.3 Å². The Labute approximate surface area is 190 Å². The van der Waals surface area contributed by atoms with Gasteiger partial charge in [0.1, 0.15) is 11.9 Å². The number of hydrogen-bond donors (Lipinski definition) is 1. The first-order chi connectivity index (χ1) is 15.7. The number of carbonyl (C=O) groups excluding carboxylic acids is 1. The molecule has 168 valence electrons. The maximum absolute atomic E-state index is 12.9. The van der Waals surface area contributed by atoms with E-state index in [-0.39, 0.29) is 12.0 Å². The molecular formula is C26H31N3O3. The number of amides is 1. The molecule has 1 aromatic carbocycles. The van der Waals surface area contributed by atoms with Crippen LogP contribution in [0, 0.1) is 12.0 Å². The minimum atomic E-state index is -0.612. The van der Waals surface area contributed by atoms with Crippen LogP contribution in [-0.4, -0.2) is 49.9 Å². The average Bonchev–Trinajstić information content (AvgIpc) is 3.16. The summed E-state index contributed by atoms with van der Waals surface area (Å²) in [5.41, 5.74) is 2.88. The smallest absolute Gasteiger partial charge is 0.260 e. The van der Waals surface area contributed by atoms with E-state index in [0.717, 1.165) is 16.8 Å². The SMILES string of the molecule is CO[C@@H]1CN(c2ccc(C#CNC3CCCCC3)c(Cc3ccccc3)n2)C(=O)[C@@H]1OC. The number of aromatic nitrogens is 1. The number of nitrogens with one attached hydrogen (secondary N) is 1. The van der Waals surface area contributed by atoms with Gasteiger partial charge in [0.25, 0.3) is 5.91 Å². The van der Waals surface area contributed by atoms with Crippen molar-refractivity contribution in [2.24, 2.45) is 0 Å². The first kappa shape index (κ1) is 22.3. The molecule has 1 aromatic heterocycles. The van der Waals surface area contributed by atoms with E-state index in [1.54, 1.807) is 12.0 Å². The van der Waals surface area contributed by atoms with Crippen molar-refractivity contribution in [3.8, 4) is 12.0 Å². The van der Waals surface area contributed by atoms with Gasteiger partial charge in [0.15, 0.2) is 6.10 Å². The Hall–Kier alpha value is -2.88. The highest BCUT2D eigenvalue weighted by atomic mass is 16.5. The molecule has 0 spiro atoms. The highest BCUT2D eigenvalue weighted by Crippen LogP contribution is 2.25. The molecule has 0 unspecified atom stereocenters. The van der Waals surface area contributed by atoms with E-state index in [1.807, 2.05) is 30.3 Å². The van der Waals surface area contributed by atoms with E-state index in [2.05, 4.69) is 29.4 Å². The van der Waals surface area contributed by atoms with Crippen LogP contribution >= 0.6 is 0 Å². The molecule has 6 heteroatoms. The minimum absolute atomic E-state index is 0.129. The second kappa shape index (κ2) is 10.6. The fourth-order valence-electron chi connectivity index (χ4n) is 4.47. The van der Waals surface area contributed by atoms with Crippen molar-refractivity contribution < 1.29 is 14.3 Å². The third-order valence-electron chi connectivity index (χ3n) is 6.30. The van der Waals surface area contributed by atoms with Gasteiger partial charge >= 0.3 is 0 Å². The zero-order chi connectivity index (χ0) is 22.3. The summed E-state index contributed by atoms with van der Waals surface area (Å²) in [6.07, 6.45) is 5.94. The summed E-state index contributed by atoms with van der Waals surface area (Å²) in [6, 6.07) is 17.7. The first-order valence-corrected chi connectivity index (χ1v) is 11.4. The fraction of sp³-hybridized carbons (Fsp3) is 0.462. The van der Waals surface area contributed by atoms with Crippen molar-refractivity contribution >= 4 is 11.7 Å². The molecular weight excluding hydrogens is 402 g/mol. The van der Waals surface area contributed by atoms with E-state index >= 15 is 0 Å². The van der Waals surface area contributed by atoms with Gasteiger partial charge in [-0.2, -0.15) is 0 Å². The molecule has 1 saturated heterocycles. The van der Waals surface area contributed by atoms with Crippen molar-refractivity contribution in [2.75, 3.05) is 25.7 Å². The van der Waals surface area contributed by atoms with Crippen molar-refractivity contribution in [3.05, 3.63) is 59.3 Å². The molecule has 1 saturated carbocycles. The molecule has 6 nitrogen and oxygen atoms in total. The largest absolute Gasteiger partial charge is 0.376 e. The van der Waals surface area contributed by atoms with Crippen molar-refractivity contribution in [3.63, 3.8) is 0 Å². The highest BCUT2D eigenvalue weighted by Gasteiger charge is 2.42. The fourth-order valence-corrected chi connectivity index (χ4v) is 4.47. The Balaban J connectivity index is 1.60. The molecule has 2 aliphatic rings. The summed E-state index contributed by atoms with van der Waals surface area (Å²) in [5, 5.41) is 3.38. The van der Waals surface area contributed by atoms with Crippen LogP contribution in [-0.2, 0) is 20.7 Å². The molecule has 1 amide bonds. The van der Waals surface area contributed by atoms with Gasteiger partial charge in [0.2, 0.25) is 0 Å². The molecule has 2 fully saturated rings. The predicted octanol–water partition coefficient (Wildman–Crippen LogP) is 3.28. The van der Waals surface area contributed by atoms with E-state index in [4.69, 9.17) is 14.5 Å². The Kier molecular flexibility index (Phi) is 7.41. The Morgan fingerprint density at radius 2 is 1.84 bits per heavy atom. The lowest BCUT2D eigenvalue weighted by Crippen LogP contribution is -2.32. The average molecular weight is 434 g/mol. The zero-order valence-electron chi connectivity index (χ0n) is 18.8. The molecule has 1 N–H and O–H groups in total. The zero-order valence-corrected chi connectivity index (χ0v) is 18.8. The molecule has 4 rings (SSSR count). The van der Waals surface area contributed by atoms with E-state index in [1.165, 1.54) is 39.2 Å². The van der Waals surface area contributed by atoms with Gasteiger partial charge < -0.3 is 14.8 Å². The number of rotatable bonds is 6. The van der Waals surface area contributed by atoms with Crippen molar-refractivity contribution in [2.45, 2.75) is 56.8 Å². The van der Waals surface area contributed by atoms with Gasteiger partial charge in [-0.15, -0.1) is 0 Å². The van der Waals surface area contributed by atoms with Crippen LogP contribution in [0.3, 0.4) is 0 Å². The number of methoxy groups -OCH3 is 2. The molecule has 1 aliphatic heterocycles. The predicted molar refractivity (Wildman–Crippen MR) is 124 cm³/mol. The lowest BCUT2D eigenvalue weighted by atomic mass is 9.96. The van der Waals surface area contributed by atoms with Crippen LogP contribution in [0.1, 0.15) is 48.9 Å². The minimum Gasteiger partial charge on any atom is -0.376 e. The molecule has 32 heavy (non-hydrogen) atoms. The second-order valence-electron chi connectivity index (χ2n) is 8.43. The summed E-state index contributed by atoms with van der Waals surface area (Å²) in [6.45, 7) is 0.417. The van der Waals surface area contributed by atoms with Crippen molar-refractivity contribution in [1.29, 1.82) is 0 Å². The maximum Gasteiger partial charge on any atom is 0.260 e. The number of nitrogens with zero attached hydrogens (tertiary/aromatic N) is 2. The number of benzene rings is 1. The Bertz CT molecular complexity index is 977. The van der Waals surface area contributed by atoms with Gasteiger partial charge in [0.05, 0.1) is 12.2 Å². The number of hydrogen-bond acceptors (Lipinski definition) is 5. The monoisotopic (exact) mass is 433 g/mol. The summed E-state index contributed by atoms with van der Waals surface area (Å²) in [4.78, 5) is 19.4. The topological polar surface area (TPSA) is 63.7 Å².